The molecule has 3 aromatic heterocycles. The summed E-state index contributed by atoms with van der Waals surface area (Å²) in [5.74, 6) is 0.419. The van der Waals surface area contributed by atoms with Gasteiger partial charge in [0.1, 0.15) is 5.69 Å². The maximum absolute atomic E-state index is 13.1. The van der Waals surface area contributed by atoms with Gasteiger partial charge in [0, 0.05) is 23.2 Å². The number of nitrogens with zero attached hydrogens (tertiary/aromatic N) is 4. The van der Waals surface area contributed by atoms with Gasteiger partial charge in [-0.1, -0.05) is 44.0 Å². The molecule has 1 amide bonds. The van der Waals surface area contributed by atoms with E-state index in [2.05, 4.69) is 44.5 Å². The van der Waals surface area contributed by atoms with Gasteiger partial charge >= 0.3 is 0 Å². The molecule has 166 valence electrons. The number of hydrogen-bond acceptors (Lipinski definition) is 5. The zero-order valence-corrected chi connectivity index (χ0v) is 18.7. The highest BCUT2D eigenvalue weighted by atomic mass is 16.1. The maximum Gasteiger partial charge on any atom is 0.270 e. The minimum Gasteiger partial charge on any atom is -0.348 e. The topological polar surface area (TPSA) is 80.7 Å². The van der Waals surface area contributed by atoms with Crippen molar-refractivity contribution in [2.75, 3.05) is 0 Å². The van der Waals surface area contributed by atoms with E-state index < -0.39 is 0 Å². The smallest absolute Gasteiger partial charge is 0.270 e. The van der Waals surface area contributed by atoms with Gasteiger partial charge in [0.25, 0.3) is 5.91 Å². The van der Waals surface area contributed by atoms with E-state index in [1.165, 1.54) is 19.3 Å². The lowest BCUT2D eigenvalue weighted by Gasteiger charge is -2.29. The second kappa shape index (κ2) is 9.45. The third-order valence-corrected chi connectivity index (χ3v) is 6.56. The van der Waals surface area contributed by atoms with Crippen molar-refractivity contribution in [1.82, 2.24) is 25.5 Å². The molecule has 6 nitrogen and oxygen atoms in total. The molecule has 0 bridgehead atoms. The minimum atomic E-state index is -0.0839. The largest absolute Gasteiger partial charge is 0.348 e. The van der Waals surface area contributed by atoms with Crippen LogP contribution in [0.4, 0.5) is 0 Å². The van der Waals surface area contributed by atoms with Crippen molar-refractivity contribution in [3.63, 3.8) is 0 Å². The van der Waals surface area contributed by atoms with Crippen LogP contribution < -0.4 is 5.32 Å². The summed E-state index contributed by atoms with van der Waals surface area (Å²) in [6, 6.07) is 16.1. The van der Waals surface area contributed by atoms with Gasteiger partial charge in [-0.3, -0.25) is 9.78 Å². The Kier molecular flexibility index (Phi) is 6.07. The Labute approximate surface area is 193 Å². The van der Waals surface area contributed by atoms with Crippen LogP contribution in [0.3, 0.4) is 0 Å². The fraction of sp³-hybridized carbons (Fsp3) is 0.296. The second-order valence-electron chi connectivity index (χ2n) is 8.89. The molecule has 1 saturated carbocycles. The number of amides is 1. The first-order chi connectivity index (χ1) is 16.2. The molecule has 2 unspecified atom stereocenters. The number of hydrogen-bond donors (Lipinski definition) is 1. The predicted octanol–water partition coefficient (Wildman–Crippen LogP) is 4.99. The molecule has 0 spiro atoms. The van der Waals surface area contributed by atoms with Crippen LogP contribution in [-0.2, 0) is 6.42 Å². The van der Waals surface area contributed by atoms with Gasteiger partial charge in [-0.2, -0.15) is 10.2 Å². The van der Waals surface area contributed by atoms with Crippen LogP contribution in [0.2, 0.25) is 0 Å². The number of nitrogens with one attached hydrogen (secondary N) is 1. The minimum absolute atomic E-state index is 0.0839. The average molecular weight is 438 g/mol. The maximum atomic E-state index is 13.1. The lowest BCUT2D eigenvalue weighted by molar-refractivity contribution is 0.0905. The lowest BCUT2D eigenvalue weighted by atomic mass is 9.86. The summed E-state index contributed by atoms with van der Waals surface area (Å²) < 4.78 is 0. The number of pyridine rings is 2. The monoisotopic (exact) mass is 437 g/mol. The third kappa shape index (κ3) is 4.75. The molecule has 1 N–H and O–H groups in total. The van der Waals surface area contributed by atoms with Crippen LogP contribution in [-0.4, -0.2) is 32.1 Å². The second-order valence-corrected chi connectivity index (χ2v) is 8.89. The first-order valence-corrected chi connectivity index (χ1v) is 11.6. The summed E-state index contributed by atoms with van der Waals surface area (Å²) in [7, 11) is 0. The Hall–Kier alpha value is -3.67. The van der Waals surface area contributed by atoms with Crippen LogP contribution in [0.5, 0.6) is 0 Å². The van der Waals surface area contributed by atoms with E-state index in [1.807, 2.05) is 42.6 Å². The van der Waals surface area contributed by atoms with E-state index in [-0.39, 0.29) is 11.9 Å². The van der Waals surface area contributed by atoms with Gasteiger partial charge in [-0.25, -0.2) is 4.98 Å². The van der Waals surface area contributed by atoms with Crippen molar-refractivity contribution >= 4 is 16.8 Å². The normalized spacial score (nSPS) is 18.2. The fourth-order valence-corrected chi connectivity index (χ4v) is 4.65. The number of aromatic nitrogens is 4. The molecule has 2 atom stereocenters. The highest BCUT2D eigenvalue weighted by Gasteiger charge is 2.24. The van der Waals surface area contributed by atoms with Crippen LogP contribution in [0.25, 0.3) is 22.2 Å². The molecule has 1 fully saturated rings. The Balaban J connectivity index is 1.42. The summed E-state index contributed by atoms with van der Waals surface area (Å²) in [5.41, 5.74) is 5.25. The van der Waals surface area contributed by atoms with Gasteiger partial charge in [-0.15, -0.1) is 0 Å². The molecule has 0 radical (unpaired) electrons. The number of fused-ring (bicyclic) bond motifs is 1. The summed E-state index contributed by atoms with van der Waals surface area (Å²) in [5, 5.41) is 12.0. The predicted molar refractivity (Wildman–Crippen MR) is 129 cm³/mol. The molecular weight excluding hydrogens is 410 g/mol. The van der Waals surface area contributed by atoms with Crippen molar-refractivity contribution in [3.8, 4) is 11.3 Å². The molecule has 1 aliphatic carbocycles. The summed E-state index contributed by atoms with van der Waals surface area (Å²) in [6.07, 6.45) is 10.5. The lowest BCUT2D eigenvalue weighted by Crippen LogP contribution is -2.41. The van der Waals surface area contributed by atoms with E-state index in [0.717, 1.165) is 39.7 Å². The van der Waals surface area contributed by atoms with Gasteiger partial charge < -0.3 is 5.32 Å². The molecule has 4 aromatic rings. The van der Waals surface area contributed by atoms with E-state index in [1.54, 1.807) is 12.4 Å². The SMILES string of the molecule is CC1CCCCC1NC(=O)c1cc(Cc2ccc(-c3ccnnc3)nc2)c2ccccc2n1. The van der Waals surface area contributed by atoms with Crippen LogP contribution in [0.15, 0.2) is 67.1 Å². The van der Waals surface area contributed by atoms with Crippen molar-refractivity contribution < 1.29 is 4.79 Å². The zero-order valence-electron chi connectivity index (χ0n) is 18.7. The van der Waals surface area contributed by atoms with Crippen LogP contribution >= 0.6 is 0 Å². The average Bonchev–Trinajstić information content (AvgIpc) is 2.86. The zero-order chi connectivity index (χ0) is 22.6. The Morgan fingerprint density at radius 1 is 1.03 bits per heavy atom. The van der Waals surface area contributed by atoms with Crippen molar-refractivity contribution in [2.24, 2.45) is 5.92 Å². The molecule has 0 saturated heterocycles. The first kappa shape index (κ1) is 21.2. The Morgan fingerprint density at radius 2 is 1.91 bits per heavy atom. The standard InChI is InChI=1S/C27H27N5O/c1-18-6-2-4-8-23(18)32-27(33)26-15-21(22-7-3-5-9-25(22)31-26)14-19-10-11-24(28-16-19)20-12-13-29-30-17-20/h3,5,7,9-13,15-18,23H,2,4,6,8,14H2,1H3,(H,32,33). The molecule has 3 heterocycles. The highest BCUT2D eigenvalue weighted by Crippen LogP contribution is 2.25. The number of carbonyl (C=O) groups is 1. The van der Waals surface area contributed by atoms with Crippen molar-refractivity contribution in [1.29, 1.82) is 0 Å². The van der Waals surface area contributed by atoms with Crippen molar-refractivity contribution in [3.05, 3.63) is 83.9 Å². The van der Waals surface area contributed by atoms with Gasteiger partial charge in [0.05, 0.1) is 23.6 Å². The Morgan fingerprint density at radius 3 is 2.70 bits per heavy atom. The number of para-hydroxylation sites is 1. The van der Waals surface area contributed by atoms with E-state index in [9.17, 15) is 4.79 Å². The number of rotatable bonds is 5. The van der Waals surface area contributed by atoms with E-state index >= 15 is 0 Å². The quantitative estimate of drug-likeness (QED) is 0.476. The summed E-state index contributed by atoms with van der Waals surface area (Å²) >= 11 is 0. The highest BCUT2D eigenvalue weighted by molar-refractivity contribution is 5.96. The van der Waals surface area contributed by atoms with E-state index in [4.69, 9.17) is 0 Å². The van der Waals surface area contributed by atoms with Crippen LogP contribution in [0, 0.1) is 5.92 Å². The van der Waals surface area contributed by atoms with Gasteiger partial charge in [-0.05, 0) is 60.6 Å². The fourth-order valence-electron chi connectivity index (χ4n) is 4.65. The molecule has 1 aliphatic rings. The third-order valence-electron chi connectivity index (χ3n) is 6.56. The van der Waals surface area contributed by atoms with E-state index in [0.29, 0.717) is 18.0 Å². The molecule has 6 heteroatoms. The van der Waals surface area contributed by atoms with Crippen LogP contribution in [0.1, 0.15) is 54.2 Å². The number of benzene rings is 1. The summed E-state index contributed by atoms with van der Waals surface area (Å²) in [4.78, 5) is 22.4. The number of carbonyl (C=O) groups excluding carboxylic acids is 1. The molecule has 0 aliphatic heterocycles. The summed E-state index contributed by atoms with van der Waals surface area (Å²) in [6.45, 7) is 2.22. The Bertz CT molecular complexity index is 1260. The molecule has 33 heavy (non-hydrogen) atoms. The molecule has 1 aromatic carbocycles. The first-order valence-electron chi connectivity index (χ1n) is 11.6. The molecule has 5 rings (SSSR count). The van der Waals surface area contributed by atoms with Gasteiger partial charge in [0.15, 0.2) is 0 Å². The molecular formula is C27H27N5O. The van der Waals surface area contributed by atoms with Gasteiger partial charge in [0.2, 0.25) is 0 Å². The van der Waals surface area contributed by atoms with Crippen molar-refractivity contribution in [2.45, 2.75) is 45.1 Å².